The van der Waals surface area contributed by atoms with Crippen LogP contribution in [-0.2, 0) is 6.54 Å². The van der Waals surface area contributed by atoms with Gasteiger partial charge in [0.25, 0.3) is 0 Å². The molecule has 0 atom stereocenters. The standard InChI is InChI=1S/C14H11ClF2N4O/c15-9(3-8-6-18-21(7-8)1-2-22)14-19-12-4-10(16)11(17)5-13(12)20-14/h3-7,22H,1-2H2,(H,19,20)/b9-3-. The molecule has 2 heterocycles. The molecule has 0 saturated carbocycles. The molecule has 8 heteroatoms. The van der Waals surface area contributed by atoms with E-state index in [0.29, 0.717) is 17.9 Å². The number of H-pyrrole nitrogens is 1. The van der Waals surface area contributed by atoms with Crippen LogP contribution in [-0.4, -0.2) is 31.5 Å². The van der Waals surface area contributed by atoms with E-state index in [9.17, 15) is 8.78 Å². The zero-order chi connectivity index (χ0) is 15.7. The summed E-state index contributed by atoms with van der Waals surface area (Å²) < 4.78 is 27.9. The van der Waals surface area contributed by atoms with Crippen LogP contribution in [0.3, 0.4) is 0 Å². The van der Waals surface area contributed by atoms with Crippen molar-refractivity contribution < 1.29 is 13.9 Å². The van der Waals surface area contributed by atoms with Gasteiger partial charge in [-0.3, -0.25) is 4.68 Å². The number of imidazole rings is 1. The monoisotopic (exact) mass is 324 g/mol. The average Bonchev–Trinajstić information content (AvgIpc) is 3.07. The summed E-state index contributed by atoms with van der Waals surface area (Å²) in [5.74, 6) is -1.61. The number of nitrogens with zero attached hydrogens (tertiary/aromatic N) is 3. The van der Waals surface area contributed by atoms with E-state index in [1.165, 1.54) is 0 Å². The van der Waals surface area contributed by atoms with Gasteiger partial charge in [0.15, 0.2) is 11.6 Å². The Morgan fingerprint density at radius 2 is 2.14 bits per heavy atom. The molecule has 0 spiro atoms. The van der Waals surface area contributed by atoms with Crippen molar-refractivity contribution in [2.45, 2.75) is 6.54 Å². The molecule has 2 N–H and O–H groups in total. The van der Waals surface area contributed by atoms with E-state index in [2.05, 4.69) is 15.1 Å². The summed E-state index contributed by atoms with van der Waals surface area (Å²) in [5.41, 5.74) is 1.36. The van der Waals surface area contributed by atoms with Crippen LogP contribution in [0, 0.1) is 11.6 Å². The third kappa shape index (κ3) is 2.86. The van der Waals surface area contributed by atoms with Gasteiger partial charge >= 0.3 is 0 Å². The van der Waals surface area contributed by atoms with E-state index in [4.69, 9.17) is 16.7 Å². The lowest BCUT2D eigenvalue weighted by molar-refractivity contribution is 0.269. The van der Waals surface area contributed by atoms with E-state index >= 15 is 0 Å². The molecule has 0 amide bonds. The van der Waals surface area contributed by atoms with Crippen LogP contribution in [0.2, 0.25) is 0 Å². The zero-order valence-corrected chi connectivity index (χ0v) is 12.0. The number of aromatic amines is 1. The number of fused-ring (bicyclic) bond motifs is 1. The summed E-state index contributed by atoms with van der Waals surface area (Å²) in [6.45, 7) is 0.369. The molecule has 1 aromatic carbocycles. The molecule has 0 radical (unpaired) electrons. The fourth-order valence-corrected chi connectivity index (χ4v) is 2.23. The number of hydrogen-bond acceptors (Lipinski definition) is 3. The Morgan fingerprint density at radius 3 is 2.91 bits per heavy atom. The number of aliphatic hydroxyl groups is 1. The third-order valence-electron chi connectivity index (χ3n) is 3.03. The Morgan fingerprint density at radius 1 is 1.36 bits per heavy atom. The maximum Gasteiger partial charge on any atom is 0.161 e. The Hall–Kier alpha value is -2.25. The van der Waals surface area contributed by atoms with Gasteiger partial charge in [0.2, 0.25) is 0 Å². The molecule has 22 heavy (non-hydrogen) atoms. The topological polar surface area (TPSA) is 66.7 Å². The van der Waals surface area contributed by atoms with Crippen LogP contribution in [0.5, 0.6) is 0 Å². The number of hydrogen-bond donors (Lipinski definition) is 2. The summed E-state index contributed by atoms with van der Waals surface area (Å²) in [5, 5.41) is 13.2. The number of aromatic nitrogens is 4. The maximum atomic E-state index is 13.2. The molecule has 3 rings (SSSR count). The zero-order valence-electron chi connectivity index (χ0n) is 11.2. The molecule has 0 fully saturated rings. The van der Waals surface area contributed by atoms with Gasteiger partial charge in [0.1, 0.15) is 5.82 Å². The number of aliphatic hydroxyl groups excluding tert-OH is 1. The van der Waals surface area contributed by atoms with E-state index in [-0.39, 0.29) is 17.2 Å². The van der Waals surface area contributed by atoms with Crippen molar-refractivity contribution in [2.75, 3.05) is 6.61 Å². The molecule has 0 bridgehead atoms. The first-order valence-corrected chi connectivity index (χ1v) is 6.80. The van der Waals surface area contributed by atoms with Crippen LogP contribution in [0.25, 0.3) is 22.1 Å². The summed E-state index contributed by atoms with van der Waals surface area (Å²) in [7, 11) is 0. The average molecular weight is 325 g/mol. The number of rotatable bonds is 4. The van der Waals surface area contributed by atoms with Crippen LogP contribution >= 0.6 is 11.6 Å². The first-order chi connectivity index (χ1) is 10.6. The van der Waals surface area contributed by atoms with E-state index < -0.39 is 11.6 Å². The largest absolute Gasteiger partial charge is 0.394 e. The highest BCUT2D eigenvalue weighted by molar-refractivity contribution is 6.50. The van der Waals surface area contributed by atoms with Crippen molar-refractivity contribution >= 4 is 33.7 Å². The van der Waals surface area contributed by atoms with Crippen LogP contribution < -0.4 is 0 Å². The minimum Gasteiger partial charge on any atom is -0.394 e. The Kier molecular flexibility index (Phi) is 3.91. The van der Waals surface area contributed by atoms with Crippen molar-refractivity contribution in [3.8, 4) is 0 Å². The lowest BCUT2D eigenvalue weighted by Gasteiger charge is -1.94. The van der Waals surface area contributed by atoms with Gasteiger partial charge < -0.3 is 10.1 Å². The molecular formula is C14H11ClF2N4O. The molecule has 114 valence electrons. The number of nitrogens with one attached hydrogen (secondary N) is 1. The molecule has 3 aromatic rings. The smallest absolute Gasteiger partial charge is 0.161 e. The van der Waals surface area contributed by atoms with Crippen molar-refractivity contribution in [3.05, 3.63) is 47.5 Å². The van der Waals surface area contributed by atoms with Gasteiger partial charge in [-0.25, -0.2) is 13.8 Å². The van der Waals surface area contributed by atoms with Crippen molar-refractivity contribution in [1.82, 2.24) is 19.7 Å². The first kappa shape index (κ1) is 14.7. The molecule has 0 aliphatic heterocycles. The molecule has 2 aromatic heterocycles. The van der Waals surface area contributed by atoms with Gasteiger partial charge in [-0.15, -0.1) is 0 Å². The summed E-state index contributed by atoms with van der Waals surface area (Å²) in [6, 6.07) is 2.04. The first-order valence-electron chi connectivity index (χ1n) is 6.42. The minimum absolute atomic E-state index is 0.0146. The summed E-state index contributed by atoms with van der Waals surface area (Å²) in [4.78, 5) is 6.95. The molecule has 0 aliphatic rings. The van der Waals surface area contributed by atoms with E-state index in [1.54, 1.807) is 23.2 Å². The van der Waals surface area contributed by atoms with Crippen molar-refractivity contribution in [3.63, 3.8) is 0 Å². The summed E-state index contributed by atoms with van der Waals surface area (Å²) >= 11 is 6.17. The second-order valence-corrected chi connectivity index (χ2v) is 5.03. The van der Waals surface area contributed by atoms with Gasteiger partial charge in [-0.1, -0.05) is 11.6 Å². The van der Waals surface area contributed by atoms with Crippen LogP contribution in [0.15, 0.2) is 24.5 Å². The molecule has 0 aliphatic carbocycles. The maximum absolute atomic E-state index is 13.2. The number of halogens is 3. The number of benzene rings is 1. The van der Waals surface area contributed by atoms with Crippen molar-refractivity contribution in [1.29, 1.82) is 0 Å². The third-order valence-corrected chi connectivity index (χ3v) is 3.31. The van der Waals surface area contributed by atoms with E-state index in [1.807, 2.05) is 0 Å². The highest BCUT2D eigenvalue weighted by Crippen LogP contribution is 2.23. The van der Waals surface area contributed by atoms with Crippen LogP contribution in [0.4, 0.5) is 8.78 Å². The van der Waals surface area contributed by atoms with Gasteiger partial charge in [-0.2, -0.15) is 5.10 Å². The lowest BCUT2D eigenvalue weighted by atomic mass is 10.3. The fraction of sp³-hybridized carbons (Fsp3) is 0.143. The minimum atomic E-state index is -0.962. The quantitative estimate of drug-likeness (QED) is 0.775. The highest BCUT2D eigenvalue weighted by atomic mass is 35.5. The second kappa shape index (κ2) is 5.86. The van der Waals surface area contributed by atoms with Gasteiger partial charge in [-0.05, 0) is 6.08 Å². The summed E-state index contributed by atoms with van der Waals surface area (Å²) in [6.07, 6.45) is 4.91. The fourth-order valence-electron chi connectivity index (χ4n) is 2.01. The SMILES string of the molecule is OCCn1cc(/C=C(\Cl)c2nc3cc(F)c(F)cc3[nH]2)cn1. The molecular weight excluding hydrogens is 314 g/mol. The van der Waals surface area contributed by atoms with Crippen molar-refractivity contribution in [2.24, 2.45) is 0 Å². The molecule has 5 nitrogen and oxygen atoms in total. The molecule has 0 saturated heterocycles. The van der Waals surface area contributed by atoms with Gasteiger partial charge in [0, 0.05) is 23.9 Å². The Bertz CT molecular complexity index is 817. The van der Waals surface area contributed by atoms with Gasteiger partial charge in [0.05, 0.1) is 35.4 Å². The Labute approximate surface area is 128 Å². The van der Waals surface area contributed by atoms with E-state index in [0.717, 1.165) is 17.7 Å². The predicted molar refractivity (Wildman–Crippen MR) is 79.0 cm³/mol. The molecule has 0 unspecified atom stereocenters. The second-order valence-electron chi connectivity index (χ2n) is 4.62. The predicted octanol–water partition coefficient (Wildman–Crippen LogP) is 2.77. The van der Waals surface area contributed by atoms with Crippen LogP contribution in [0.1, 0.15) is 11.4 Å². The Balaban J connectivity index is 1.93. The highest BCUT2D eigenvalue weighted by Gasteiger charge is 2.10. The normalized spacial score (nSPS) is 12.3. The lowest BCUT2D eigenvalue weighted by Crippen LogP contribution is -2.01.